The zero-order valence-electron chi connectivity index (χ0n) is 42.6. The number of hydrogen-bond acceptors (Lipinski definition) is 18. The molecule has 19 heteroatoms. The van der Waals surface area contributed by atoms with Crippen molar-refractivity contribution in [3.05, 3.63) is 11.6 Å². The van der Waals surface area contributed by atoms with E-state index in [0.29, 0.717) is 32.1 Å². The summed E-state index contributed by atoms with van der Waals surface area (Å²) in [5.74, 6) is -3.60. The van der Waals surface area contributed by atoms with Crippen LogP contribution in [0.2, 0.25) is 0 Å². The summed E-state index contributed by atoms with van der Waals surface area (Å²) >= 11 is 0. The van der Waals surface area contributed by atoms with Gasteiger partial charge in [0.15, 0.2) is 24.8 Å². The Balaban J connectivity index is 1.23. The maximum atomic E-state index is 13.7. The van der Waals surface area contributed by atoms with E-state index in [1.54, 1.807) is 0 Å². The molecule has 8 N–H and O–H groups in total. The van der Waals surface area contributed by atoms with E-state index in [-0.39, 0.29) is 29.6 Å². The minimum absolute atomic E-state index is 0.00167. The molecule has 0 spiro atoms. The minimum atomic E-state index is -2.00. The second-order valence-electron chi connectivity index (χ2n) is 24.2. The molecule has 70 heavy (non-hydrogen) atoms. The molecule has 0 bridgehead atoms. The van der Waals surface area contributed by atoms with Gasteiger partial charge in [0.2, 0.25) is 0 Å². The molecule has 2 aliphatic heterocycles. The Bertz CT molecular complexity index is 2000. The maximum Gasteiger partial charge on any atom is 0.335 e. The van der Waals surface area contributed by atoms with Crippen LogP contribution in [0.5, 0.6) is 0 Å². The fourth-order valence-corrected chi connectivity index (χ4v) is 15.3. The van der Waals surface area contributed by atoms with E-state index in [0.717, 1.165) is 18.4 Å². The molecule has 398 valence electrons. The number of aliphatic carboxylic acids is 1. The van der Waals surface area contributed by atoms with Crippen LogP contribution >= 0.6 is 0 Å². The summed E-state index contributed by atoms with van der Waals surface area (Å²) < 4.78 is 42.9. The highest BCUT2D eigenvalue weighted by atomic mass is 16.8. The van der Waals surface area contributed by atoms with Crippen molar-refractivity contribution >= 4 is 23.9 Å². The van der Waals surface area contributed by atoms with E-state index >= 15 is 0 Å². The SMILES string of the molecule is CC(=O)OC1C(OC(=O)CC(C)C)C2(CO)C(OC(C)=O)CC3(C)C(=CCC4C5(C)CCC(OC6OC(C(=O)O)C(O)C(O)C6OC6OC(CO)C(O)C(O)C6O)C(C)(C)C5CCC43C)C2CC1(C)C. The molecule has 2 saturated heterocycles. The number of esters is 3. The van der Waals surface area contributed by atoms with Gasteiger partial charge in [-0.2, -0.15) is 0 Å². The zero-order valence-corrected chi connectivity index (χ0v) is 42.6. The lowest BCUT2D eigenvalue weighted by molar-refractivity contribution is -0.374. The molecule has 4 saturated carbocycles. The molecule has 21 unspecified atom stereocenters. The minimum Gasteiger partial charge on any atom is -0.479 e. The Hall–Kier alpha value is -2.82. The van der Waals surface area contributed by atoms with Crippen LogP contribution in [0.3, 0.4) is 0 Å². The van der Waals surface area contributed by atoms with Crippen molar-refractivity contribution in [2.75, 3.05) is 13.2 Å². The zero-order chi connectivity index (χ0) is 52.0. The second kappa shape index (κ2) is 19.5. The summed E-state index contributed by atoms with van der Waals surface area (Å²) in [5.41, 5.74) is -2.97. The third-order valence-electron chi connectivity index (χ3n) is 18.9. The van der Waals surface area contributed by atoms with Crippen LogP contribution in [0.25, 0.3) is 0 Å². The summed E-state index contributed by atoms with van der Waals surface area (Å²) in [7, 11) is 0. The van der Waals surface area contributed by atoms with Crippen molar-refractivity contribution in [3.8, 4) is 0 Å². The van der Waals surface area contributed by atoms with Gasteiger partial charge >= 0.3 is 23.9 Å². The van der Waals surface area contributed by atoms with Crippen molar-refractivity contribution < 1.29 is 93.2 Å². The quantitative estimate of drug-likeness (QED) is 0.0603. The summed E-state index contributed by atoms with van der Waals surface area (Å²) in [5, 5.41) is 85.7. The Morgan fingerprint density at radius 3 is 1.97 bits per heavy atom. The van der Waals surface area contributed by atoms with Gasteiger partial charge in [-0.3, -0.25) is 14.4 Å². The van der Waals surface area contributed by atoms with Crippen molar-refractivity contribution in [1.29, 1.82) is 0 Å². The number of allylic oxidation sites excluding steroid dienone is 2. The Morgan fingerprint density at radius 2 is 1.39 bits per heavy atom. The van der Waals surface area contributed by atoms with E-state index in [9.17, 15) is 60.0 Å². The third kappa shape index (κ3) is 8.85. The largest absolute Gasteiger partial charge is 0.479 e. The van der Waals surface area contributed by atoms with Gasteiger partial charge in [0.25, 0.3) is 0 Å². The maximum absolute atomic E-state index is 13.7. The highest BCUT2D eigenvalue weighted by molar-refractivity contribution is 5.73. The van der Waals surface area contributed by atoms with Gasteiger partial charge in [-0.1, -0.05) is 74.0 Å². The average Bonchev–Trinajstić information content (AvgIpc) is 3.25. The van der Waals surface area contributed by atoms with Crippen LogP contribution < -0.4 is 0 Å². The van der Waals surface area contributed by atoms with E-state index in [1.807, 2.05) is 27.7 Å². The molecule has 21 atom stereocenters. The number of fused-ring (bicyclic) bond motifs is 7. The van der Waals surface area contributed by atoms with Gasteiger partial charge in [0, 0.05) is 25.7 Å². The van der Waals surface area contributed by atoms with Crippen LogP contribution in [-0.4, -0.2) is 164 Å². The molecule has 0 amide bonds. The molecule has 7 rings (SSSR count). The molecule has 0 radical (unpaired) electrons. The second-order valence-corrected chi connectivity index (χ2v) is 24.2. The van der Waals surface area contributed by atoms with Crippen LogP contribution in [-0.2, 0) is 52.3 Å². The summed E-state index contributed by atoms with van der Waals surface area (Å²) in [4.78, 5) is 52.1. The van der Waals surface area contributed by atoms with Crippen LogP contribution in [0.1, 0.15) is 128 Å². The molecule has 0 aromatic carbocycles. The topological polar surface area (TPSA) is 295 Å². The lowest BCUT2D eigenvalue weighted by Crippen LogP contribution is -2.73. The van der Waals surface area contributed by atoms with E-state index in [1.165, 1.54) is 13.8 Å². The molecule has 6 fully saturated rings. The van der Waals surface area contributed by atoms with Gasteiger partial charge in [0.05, 0.1) is 24.7 Å². The number of aliphatic hydroxyl groups is 7. The van der Waals surface area contributed by atoms with E-state index < -0.39 is 156 Å². The lowest BCUT2D eigenvalue weighted by Gasteiger charge is -2.72. The van der Waals surface area contributed by atoms with Gasteiger partial charge in [0.1, 0.15) is 54.9 Å². The highest BCUT2D eigenvalue weighted by Gasteiger charge is 2.74. The summed E-state index contributed by atoms with van der Waals surface area (Å²) in [6.07, 6.45) is -15.0. The summed E-state index contributed by atoms with van der Waals surface area (Å²) in [6, 6.07) is 0. The van der Waals surface area contributed by atoms with Crippen LogP contribution in [0.4, 0.5) is 0 Å². The Kier molecular flexibility index (Phi) is 15.3. The predicted octanol–water partition coefficient (Wildman–Crippen LogP) is 2.53. The number of carboxylic acid groups (broad SMARTS) is 1. The first kappa shape index (κ1) is 54.9. The van der Waals surface area contributed by atoms with Crippen molar-refractivity contribution in [3.63, 3.8) is 0 Å². The Morgan fingerprint density at radius 1 is 0.729 bits per heavy atom. The molecule has 0 aromatic rings. The van der Waals surface area contributed by atoms with E-state index in [2.05, 4.69) is 40.7 Å². The van der Waals surface area contributed by atoms with E-state index in [4.69, 9.17) is 33.2 Å². The van der Waals surface area contributed by atoms with Crippen molar-refractivity contribution in [1.82, 2.24) is 0 Å². The Labute approximate surface area is 410 Å². The third-order valence-corrected chi connectivity index (χ3v) is 18.9. The standard InChI is InChI=1S/C51H80O19/c1-23(2)18-33(56)68-42-41(65-25(4)55)46(5,6)19-27-26-12-13-30-48(9)16-15-31(47(7,8)29(48)14-17-49(30,10)50(26,11)20-32(64-24(3)54)51(27,42)22-53)67-45-40(37(60)36(59)39(69-45)43(62)63)70-44-38(61)35(58)34(57)28(21-52)66-44/h12,23,27-32,34-42,44-45,52-53,57-61H,13-22H2,1-11H3,(H,62,63). The number of rotatable bonds is 12. The predicted molar refractivity (Wildman–Crippen MR) is 245 cm³/mol. The first-order chi connectivity index (χ1) is 32.5. The molecular weight excluding hydrogens is 917 g/mol. The van der Waals surface area contributed by atoms with Crippen molar-refractivity contribution in [2.24, 2.45) is 56.2 Å². The number of carbonyl (C=O) groups excluding carboxylic acids is 3. The lowest BCUT2D eigenvalue weighted by atomic mass is 9.33. The van der Waals surface area contributed by atoms with Gasteiger partial charge in [-0.25, -0.2) is 4.79 Å². The van der Waals surface area contributed by atoms with Crippen LogP contribution in [0.15, 0.2) is 11.6 Å². The summed E-state index contributed by atoms with van der Waals surface area (Å²) in [6.45, 7) is 20.2. The fraction of sp³-hybridized carbons (Fsp3) is 0.882. The number of carbonyl (C=O) groups is 4. The number of carboxylic acids is 1. The fourth-order valence-electron chi connectivity index (χ4n) is 15.3. The number of ether oxygens (including phenoxy) is 7. The monoisotopic (exact) mass is 997 g/mol. The van der Waals surface area contributed by atoms with Gasteiger partial charge in [-0.05, 0) is 90.3 Å². The van der Waals surface area contributed by atoms with Gasteiger partial charge in [-0.15, -0.1) is 0 Å². The van der Waals surface area contributed by atoms with Gasteiger partial charge < -0.3 is 74.0 Å². The first-order valence-electron chi connectivity index (χ1n) is 25.2. The normalized spacial score (nSPS) is 47.3. The smallest absolute Gasteiger partial charge is 0.335 e. The first-order valence-corrected chi connectivity index (χ1v) is 25.2. The molecular formula is C51H80O19. The van der Waals surface area contributed by atoms with Crippen molar-refractivity contribution in [2.45, 2.75) is 213 Å². The number of hydrogen-bond donors (Lipinski definition) is 8. The molecule has 0 aromatic heterocycles. The molecule has 2 heterocycles. The molecule has 7 aliphatic rings. The van der Waals surface area contributed by atoms with Crippen LogP contribution in [0, 0.1) is 56.2 Å². The highest BCUT2D eigenvalue weighted by Crippen LogP contribution is 2.76. The molecule has 19 nitrogen and oxygen atoms in total. The number of aliphatic hydroxyl groups excluding tert-OH is 7. The molecule has 5 aliphatic carbocycles. The average molecular weight is 997 g/mol.